The van der Waals surface area contributed by atoms with E-state index in [-0.39, 0.29) is 11.0 Å². The highest BCUT2D eigenvalue weighted by atomic mass is 32.1. The number of thiocarbonyl (C=S) groups is 1. The Morgan fingerprint density at radius 2 is 1.81 bits per heavy atom. The van der Waals surface area contributed by atoms with Gasteiger partial charge in [-0.1, -0.05) is 30.3 Å². The van der Waals surface area contributed by atoms with Crippen LogP contribution in [0.15, 0.2) is 52.7 Å². The predicted molar refractivity (Wildman–Crippen MR) is 129 cm³/mol. The Hall–Kier alpha value is -2.77. The van der Waals surface area contributed by atoms with Gasteiger partial charge in [-0.15, -0.1) is 10.2 Å². The fourth-order valence-corrected chi connectivity index (χ4v) is 4.44. The van der Waals surface area contributed by atoms with Gasteiger partial charge >= 0.3 is 0 Å². The minimum atomic E-state index is -0.0513. The number of azo groups is 1. The largest absolute Gasteiger partial charge is 0.493 e. The molecule has 0 saturated carbocycles. The van der Waals surface area contributed by atoms with Gasteiger partial charge in [0.15, 0.2) is 5.69 Å². The molecule has 2 aromatic carbocycles. The number of hydrogen-bond donors (Lipinski definition) is 2. The first-order valence-electron chi connectivity index (χ1n) is 10.7. The summed E-state index contributed by atoms with van der Waals surface area (Å²) in [5.74, 6) is 0.805. The lowest BCUT2D eigenvalue weighted by Crippen LogP contribution is -2.35. The summed E-state index contributed by atoms with van der Waals surface area (Å²) < 4.78 is 1.92. The monoisotopic (exact) mass is 435 g/mol. The van der Waals surface area contributed by atoms with Crippen LogP contribution in [0.25, 0.3) is 10.9 Å². The van der Waals surface area contributed by atoms with Crippen LogP contribution < -0.4 is 5.73 Å². The third-order valence-electron chi connectivity index (χ3n) is 6.29. The van der Waals surface area contributed by atoms with Gasteiger partial charge < -0.3 is 10.8 Å². The van der Waals surface area contributed by atoms with Crippen LogP contribution in [0.4, 0.5) is 5.69 Å². The standard InChI is InChI=1S/C24H29N5OS/c1-16-12-20-21(13-17(16)2)29(23(30)22(20)26-27-24(25)31)15-28-10-8-19(9-11-28)14-18-6-4-3-5-7-18/h3-7,12-13,19,30H,8-11,14-15H2,1-2H3,(H2,25,31). The van der Waals surface area contributed by atoms with Crippen LogP contribution >= 0.6 is 12.2 Å². The number of hydrogen-bond acceptors (Lipinski definition) is 4. The van der Waals surface area contributed by atoms with Gasteiger partial charge in [-0.05, 0) is 80.1 Å². The van der Waals surface area contributed by atoms with E-state index in [4.69, 9.17) is 18.0 Å². The average Bonchev–Trinajstić information content (AvgIpc) is 2.99. The molecule has 1 fully saturated rings. The average molecular weight is 436 g/mol. The van der Waals surface area contributed by atoms with Crippen LogP contribution in [0.1, 0.15) is 29.5 Å². The summed E-state index contributed by atoms with van der Waals surface area (Å²) in [4.78, 5) is 2.39. The van der Waals surface area contributed by atoms with Crippen molar-refractivity contribution in [1.29, 1.82) is 0 Å². The lowest BCUT2D eigenvalue weighted by molar-refractivity contribution is 0.145. The summed E-state index contributed by atoms with van der Waals surface area (Å²) in [6, 6.07) is 14.9. The van der Waals surface area contributed by atoms with Crippen LogP contribution in [-0.2, 0) is 13.1 Å². The molecule has 0 amide bonds. The van der Waals surface area contributed by atoms with Crippen molar-refractivity contribution >= 4 is 33.9 Å². The summed E-state index contributed by atoms with van der Waals surface area (Å²) in [6.07, 6.45) is 3.44. The molecular weight excluding hydrogens is 406 g/mol. The van der Waals surface area contributed by atoms with Crippen LogP contribution in [-0.4, -0.2) is 32.8 Å². The Morgan fingerprint density at radius 1 is 1.13 bits per heavy atom. The van der Waals surface area contributed by atoms with Crippen LogP contribution in [0, 0.1) is 19.8 Å². The molecule has 7 heteroatoms. The molecule has 1 aliphatic heterocycles. The molecule has 0 atom stereocenters. The second kappa shape index (κ2) is 9.16. The highest BCUT2D eigenvalue weighted by Crippen LogP contribution is 2.40. The van der Waals surface area contributed by atoms with E-state index in [2.05, 4.69) is 65.4 Å². The van der Waals surface area contributed by atoms with Gasteiger partial charge in [0.25, 0.3) is 0 Å². The molecular formula is C24H29N5OS. The van der Waals surface area contributed by atoms with E-state index >= 15 is 0 Å². The van der Waals surface area contributed by atoms with Crippen molar-refractivity contribution in [2.45, 2.75) is 39.8 Å². The summed E-state index contributed by atoms with van der Waals surface area (Å²) in [7, 11) is 0. The minimum Gasteiger partial charge on any atom is -0.493 e. The van der Waals surface area contributed by atoms with E-state index in [0.29, 0.717) is 18.3 Å². The zero-order valence-electron chi connectivity index (χ0n) is 18.1. The molecule has 1 aliphatic rings. The number of aromatic nitrogens is 1. The number of aryl methyl sites for hydroxylation is 2. The summed E-state index contributed by atoms with van der Waals surface area (Å²) in [6.45, 7) is 6.76. The van der Waals surface area contributed by atoms with Crippen molar-refractivity contribution in [2.24, 2.45) is 21.9 Å². The molecule has 3 N–H and O–H groups in total. The molecule has 1 saturated heterocycles. The summed E-state index contributed by atoms with van der Waals surface area (Å²) in [5, 5.41) is 19.8. The van der Waals surface area contributed by atoms with Crippen LogP contribution in [0.5, 0.6) is 5.88 Å². The first kappa shape index (κ1) is 21.5. The molecule has 31 heavy (non-hydrogen) atoms. The Balaban J connectivity index is 1.54. The Kier molecular flexibility index (Phi) is 6.34. The van der Waals surface area contributed by atoms with Gasteiger partial charge in [-0.2, -0.15) is 0 Å². The van der Waals surface area contributed by atoms with Crippen molar-refractivity contribution in [1.82, 2.24) is 9.47 Å². The molecule has 0 radical (unpaired) electrons. The van der Waals surface area contributed by atoms with E-state index in [1.165, 1.54) is 11.1 Å². The second-order valence-corrected chi connectivity index (χ2v) is 8.90. The molecule has 4 rings (SSSR count). The molecule has 0 bridgehead atoms. The molecule has 0 unspecified atom stereocenters. The second-order valence-electron chi connectivity index (χ2n) is 8.48. The van der Waals surface area contributed by atoms with Crippen molar-refractivity contribution in [3.8, 4) is 5.88 Å². The minimum absolute atomic E-state index is 0.0513. The lowest BCUT2D eigenvalue weighted by atomic mass is 9.90. The Bertz CT molecular complexity index is 1110. The number of aromatic hydroxyl groups is 1. The number of rotatable bonds is 5. The van der Waals surface area contributed by atoms with Gasteiger partial charge in [0.05, 0.1) is 12.2 Å². The normalized spacial score (nSPS) is 15.8. The molecule has 0 spiro atoms. The summed E-state index contributed by atoms with van der Waals surface area (Å²) in [5.41, 5.74) is 10.6. The maximum Gasteiger partial charge on any atom is 0.221 e. The van der Waals surface area contributed by atoms with E-state index in [0.717, 1.165) is 48.8 Å². The number of piperidine rings is 1. The zero-order chi connectivity index (χ0) is 22.0. The van der Waals surface area contributed by atoms with Crippen molar-refractivity contribution in [3.63, 3.8) is 0 Å². The van der Waals surface area contributed by atoms with Crippen molar-refractivity contribution < 1.29 is 5.11 Å². The first-order valence-corrected chi connectivity index (χ1v) is 11.1. The highest BCUT2D eigenvalue weighted by molar-refractivity contribution is 7.80. The number of benzene rings is 2. The third-order valence-corrected chi connectivity index (χ3v) is 6.37. The van der Waals surface area contributed by atoms with E-state index < -0.39 is 0 Å². The fourth-order valence-electron chi connectivity index (χ4n) is 4.40. The van der Waals surface area contributed by atoms with Gasteiger partial charge in [0.2, 0.25) is 11.0 Å². The predicted octanol–water partition coefficient (Wildman–Crippen LogP) is 5.20. The zero-order valence-corrected chi connectivity index (χ0v) is 18.9. The number of fused-ring (bicyclic) bond motifs is 1. The van der Waals surface area contributed by atoms with Crippen LogP contribution in [0.3, 0.4) is 0 Å². The molecule has 6 nitrogen and oxygen atoms in total. The number of nitrogens with two attached hydrogens (primary N) is 1. The van der Waals surface area contributed by atoms with E-state index in [1.54, 1.807) is 0 Å². The molecule has 162 valence electrons. The fraction of sp³-hybridized carbons (Fsp3) is 0.375. The smallest absolute Gasteiger partial charge is 0.221 e. The van der Waals surface area contributed by atoms with Crippen molar-refractivity contribution in [3.05, 3.63) is 59.2 Å². The SMILES string of the molecule is Cc1cc2c(N=NC(N)=S)c(O)n(CN3CCC(Cc4ccccc4)CC3)c2cc1C. The number of nitrogens with zero attached hydrogens (tertiary/aromatic N) is 4. The van der Waals surface area contributed by atoms with Gasteiger partial charge in [-0.3, -0.25) is 9.47 Å². The molecule has 0 aliphatic carbocycles. The van der Waals surface area contributed by atoms with Gasteiger partial charge in [0.1, 0.15) is 0 Å². The summed E-state index contributed by atoms with van der Waals surface area (Å²) >= 11 is 4.82. The maximum absolute atomic E-state index is 11.0. The van der Waals surface area contributed by atoms with Gasteiger partial charge in [0, 0.05) is 18.5 Å². The van der Waals surface area contributed by atoms with E-state index in [1.807, 2.05) is 10.6 Å². The van der Waals surface area contributed by atoms with Crippen molar-refractivity contribution in [2.75, 3.05) is 13.1 Å². The maximum atomic E-state index is 11.0. The third kappa shape index (κ3) is 4.78. The van der Waals surface area contributed by atoms with Gasteiger partial charge in [-0.25, -0.2) is 0 Å². The lowest BCUT2D eigenvalue weighted by Gasteiger charge is -2.32. The Morgan fingerprint density at radius 3 is 2.48 bits per heavy atom. The quantitative estimate of drug-likeness (QED) is 0.426. The first-order chi connectivity index (χ1) is 14.9. The molecule has 2 heterocycles. The molecule has 3 aromatic rings. The van der Waals surface area contributed by atoms with E-state index in [9.17, 15) is 5.11 Å². The Labute approximate surface area is 188 Å². The topological polar surface area (TPSA) is 79.1 Å². The highest BCUT2D eigenvalue weighted by Gasteiger charge is 2.23. The van der Waals surface area contributed by atoms with Crippen LogP contribution in [0.2, 0.25) is 0 Å². The number of likely N-dealkylation sites (tertiary alicyclic amines) is 1. The molecule has 1 aromatic heterocycles.